The first-order chi connectivity index (χ1) is 4.20. The Morgan fingerprint density at radius 3 is 2.20 bits per heavy atom. The average Bonchev–Trinajstić information content (AvgIpc) is 1.80. The predicted molar refractivity (Wildman–Crippen MR) is 40.6 cm³/mol. The summed E-state index contributed by atoms with van der Waals surface area (Å²) in [6.45, 7) is 6.16. The molecule has 0 amide bonds. The van der Waals surface area contributed by atoms with Crippen molar-refractivity contribution < 1.29 is 0 Å². The second kappa shape index (κ2) is 3.32. The molecule has 10 heavy (non-hydrogen) atoms. The fourth-order valence-electron chi connectivity index (χ4n) is 0.784. The van der Waals surface area contributed by atoms with Crippen LogP contribution in [-0.2, 0) is 0 Å². The number of hydrogen-bond acceptors (Lipinski definition) is 1. The van der Waals surface area contributed by atoms with Gasteiger partial charge in [-0.1, -0.05) is 6.07 Å². The van der Waals surface area contributed by atoms with Crippen LogP contribution in [0.25, 0.3) is 0 Å². The molecule has 1 rings (SSSR count). The van der Waals surface area contributed by atoms with E-state index in [1.807, 2.05) is 13.1 Å². The molecule has 0 fully saturated rings. The summed E-state index contributed by atoms with van der Waals surface area (Å²) in [6, 6.07) is 2.14. The minimum absolute atomic E-state index is 0. The van der Waals surface area contributed by atoms with Gasteiger partial charge in [0.2, 0.25) is 0 Å². The van der Waals surface area contributed by atoms with E-state index in [0.717, 1.165) is 5.69 Å². The summed E-state index contributed by atoms with van der Waals surface area (Å²) in [5.74, 6) is 0. The summed E-state index contributed by atoms with van der Waals surface area (Å²) in [6.07, 6.45) is 1.89. The fraction of sp³-hybridized carbons (Fsp3) is 0.375. The summed E-state index contributed by atoms with van der Waals surface area (Å²) in [4.78, 5) is 4.18. The third-order valence-corrected chi connectivity index (χ3v) is 1.48. The molecule has 0 atom stereocenters. The van der Waals surface area contributed by atoms with Gasteiger partial charge in [0.1, 0.15) is 0 Å². The lowest BCUT2D eigenvalue weighted by Crippen LogP contribution is -1.85. The van der Waals surface area contributed by atoms with Gasteiger partial charge < -0.3 is 0 Å². The number of nitrogens with zero attached hydrogens (tertiary/aromatic N) is 2. The van der Waals surface area contributed by atoms with E-state index >= 15 is 0 Å². The summed E-state index contributed by atoms with van der Waals surface area (Å²) < 4.78 is 0. The van der Waals surface area contributed by atoms with Crippen molar-refractivity contribution in [2.45, 2.75) is 20.8 Å². The van der Waals surface area contributed by atoms with Crippen LogP contribution < -0.4 is 6.15 Å². The van der Waals surface area contributed by atoms with Crippen molar-refractivity contribution in [2.75, 3.05) is 0 Å². The molecule has 0 spiro atoms. The zero-order valence-corrected chi connectivity index (χ0v) is 6.55. The van der Waals surface area contributed by atoms with E-state index in [1.54, 1.807) is 0 Å². The van der Waals surface area contributed by atoms with Crippen LogP contribution in [-0.4, -0.2) is 4.98 Å². The van der Waals surface area contributed by atoms with Gasteiger partial charge in [-0.2, -0.15) is 0 Å². The van der Waals surface area contributed by atoms with E-state index < -0.39 is 0 Å². The summed E-state index contributed by atoms with van der Waals surface area (Å²) in [5.41, 5.74) is 3.63. The van der Waals surface area contributed by atoms with Gasteiger partial charge in [0.05, 0.1) is 0 Å². The molecule has 0 aliphatic heterocycles. The van der Waals surface area contributed by atoms with Crippen molar-refractivity contribution in [2.24, 2.45) is 0 Å². The van der Waals surface area contributed by atoms with Crippen LogP contribution in [0.15, 0.2) is 12.3 Å². The molecule has 0 aromatic carbocycles. The van der Waals surface area contributed by atoms with E-state index in [2.05, 4.69) is 24.9 Å². The Kier molecular flexibility index (Phi) is 3.03. The van der Waals surface area contributed by atoms with Gasteiger partial charge in [0.15, 0.2) is 0 Å². The highest BCUT2D eigenvalue weighted by Crippen LogP contribution is 2.03. The first-order valence-electron chi connectivity index (χ1n) is 3.10. The molecule has 2 nitrogen and oxygen atoms in total. The summed E-state index contributed by atoms with van der Waals surface area (Å²) >= 11 is 0. The van der Waals surface area contributed by atoms with Crippen LogP contribution in [0.2, 0.25) is 0 Å². The molecule has 0 aliphatic rings. The smallest absolute Gasteiger partial charge is 0.0401 e. The molecule has 0 unspecified atom stereocenters. The number of hydrogen-bond donors (Lipinski definition) is 0. The van der Waals surface area contributed by atoms with Gasteiger partial charge in [-0.15, -0.1) is 0 Å². The summed E-state index contributed by atoms with van der Waals surface area (Å²) in [7, 11) is 0. The van der Waals surface area contributed by atoms with Crippen LogP contribution in [0.5, 0.6) is 0 Å². The number of aryl methyl sites for hydroxylation is 3. The van der Waals surface area contributed by atoms with E-state index in [9.17, 15) is 0 Å². The normalized spacial score (nSPS) is 8.70. The fourth-order valence-corrected chi connectivity index (χ4v) is 0.784. The van der Waals surface area contributed by atoms with Gasteiger partial charge in [-0.25, -0.2) is 0 Å². The van der Waals surface area contributed by atoms with Crippen LogP contribution in [0.4, 0.5) is 0 Å². The monoisotopic (exact) mass is 135 g/mol. The third kappa shape index (κ3) is 1.81. The van der Waals surface area contributed by atoms with Crippen molar-refractivity contribution in [3.8, 4) is 0 Å². The first-order valence-corrected chi connectivity index (χ1v) is 3.10. The lowest BCUT2D eigenvalue weighted by molar-refractivity contribution is 1.12. The number of pyridine rings is 1. The van der Waals surface area contributed by atoms with E-state index in [-0.39, 0.29) is 6.15 Å². The van der Waals surface area contributed by atoms with Crippen molar-refractivity contribution in [3.63, 3.8) is 0 Å². The molecule has 1 heterocycles. The van der Waals surface area contributed by atoms with Crippen molar-refractivity contribution in [1.82, 2.24) is 11.1 Å². The second-order valence-electron chi connectivity index (χ2n) is 2.41. The maximum absolute atomic E-state index is 4.18. The lowest BCUT2D eigenvalue weighted by Gasteiger charge is -1.97. The van der Waals surface area contributed by atoms with Gasteiger partial charge >= 0.3 is 0 Å². The predicted octanol–water partition coefficient (Wildman–Crippen LogP) is 1.53. The molecular formula is C8H11N2. The van der Waals surface area contributed by atoms with Crippen LogP contribution >= 0.6 is 0 Å². The van der Waals surface area contributed by atoms with Gasteiger partial charge in [-0.05, 0) is 31.9 Å². The van der Waals surface area contributed by atoms with E-state index in [1.165, 1.54) is 11.1 Å². The second-order valence-corrected chi connectivity index (χ2v) is 2.41. The number of rotatable bonds is 0. The maximum Gasteiger partial charge on any atom is 0.0401 e. The Labute approximate surface area is 61.9 Å². The highest BCUT2D eigenvalue weighted by molar-refractivity contribution is 5.21. The molecule has 0 aliphatic carbocycles. The highest BCUT2D eigenvalue weighted by Gasteiger charge is 1.90. The van der Waals surface area contributed by atoms with E-state index in [4.69, 9.17) is 0 Å². The molecule has 1 aromatic heterocycles. The Hall–Kier alpha value is -0.890. The first kappa shape index (κ1) is 9.11. The maximum atomic E-state index is 4.18. The van der Waals surface area contributed by atoms with Crippen LogP contribution in [0.1, 0.15) is 16.8 Å². The topological polar surface area (TPSA) is 43.4 Å². The van der Waals surface area contributed by atoms with Crippen molar-refractivity contribution in [3.05, 3.63) is 29.1 Å². The standard InChI is InChI=1S/C8H11N.N/c1-6-4-7(2)8(3)9-5-6;/h4-5H,1-3H3;. The molecule has 0 saturated heterocycles. The molecule has 0 bridgehead atoms. The van der Waals surface area contributed by atoms with Gasteiger partial charge in [0.25, 0.3) is 0 Å². The van der Waals surface area contributed by atoms with Crippen molar-refractivity contribution in [1.29, 1.82) is 0 Å². The molecule has 0 saturated carbocycles. The molecule has 0 N–H and O–H groups in total. The van der Waals surface area contributed by atoms with Crippen LogP contribution in [0, 0.1) is 20.8 Å². The highest BCUT2D eigenvalue weighted by atomic mass is 14.7. The zero-order chi connectivity index (χ0) is 6.85. The zero-order valence-electron chi connectivity index (χ0n) is 6.55. The SMILES string of the molecule is Cc1cnc(C)c(C)c1.[N]. The molecular weight excluding hydrogens is 124 g/mol. The largest absolute Gasteiger partial charge is 0.261 e. The molecule has 53 valence electrons. The average molecular weight is 135 g/mol. The van der Waals surface area contributed by atoms with Gasteiger partial charge in [-0.3, -0.25) is 4.98 Å². The number of aromatic nitrogens is 1. The third-order valence-electron chi connectivity index (χ3n) is 1.48. The minimum Gasteiger partial charge on any atom is -0.261 e. The quantitative estimate of drug-likeness (QED) is 0.532. The Balaban J connectivity index is 0.000000810. The molecule has 1 aromatic rings. The van der Waals surface area contributed by atoms with Gasteiger partial charge in [0, 0.05) is 18.0 Å². The lowest BCUT2D eigenvalue weighted by atomic mass is 10.2. The Morgan fingerprint density at radius 2 is 1.80 bits per heavy atom. The Morgan fingerprint density at radius 1 is 1.20 bits per heavy atom. The minimum atomic E-state index is 0. The Bertz CT molecular complexity index is 218. The molecule has 3 radical (unpaired) electrons. The van der Waals surface area contributed by atoms with Crippen molar-refractivity contribution >= 4 is 0 Å². The van der Waals surface area contributed by atoms with E-state index in [0.29, 0.717) is 0 Å². The van der Waals surface area contributed by atoms with Crippen LogP contribution in [0.3, 0.4) is 0 Å². The molecule has 2 heteroatoms. The summed E-state index contributed by atoms with van der Waals surface area (Å²) in [5, 5.41) is 0.